The molecule has 0 aliphatic carbocycles. The third kappa shape index (κ3) is 6.50. The average molecular weight is 556 g/mol. The van der Waals surface area contributed by atoms with E-state index in [0.29, 0.717) is 23.7 Å². The Kier molecular flexibility index (Phi) is 8.88. The van der Waals surface area contributed by atoms with Gasteiger partial charge in [-0.2, -0.15) is 0 Å². The van der Waals surface area contributed by atoms with E-state index in [1.54, 1.807) is 55.3 Å². The molecule has 0 aromatic heterocycles. The molecule has 0 spiro atoms. The number of nitrogens with zero attached hydrogens (tertiary/aromatic N) is 2. The van der Waals surface area contributed by atoms with E-state index >= 15 is 0 Å². The number of carbonyl (C=O) groups is 3. The van der Waals surface area contributed by atoms with E-state index in [0.717, 1.165) is 0 Å². The van der Waals surface area contributed by atoms with Gasteiger partial charge in [0, 0.05) is 37.3 Å². The molecule has 0 unspecified atom stereocenters. The van der Waals surface area contributed by atoms with Gasteiger partial charge in [0.25, 0.3) is 5.91 Å². The molecule has 5 amide bonds. The van der Waals surface area contributed by atoms with Gasteiger partial charge >= 0.3 is 12.1 Å². The quantitative estimate of drug-likeness (QED) is 0.411. The molecule has 3 atom stereocenters. The first-order chi connectivity index (χ1) is 19.1. The largest absolute Gasteiger partial charge is 0.485 e. The summed E-state index contributed by atoms with van der Waals surface area (Å²) < 4.78 is 17.1. The fourth-order valence-corrected chi connectivity index (χ4v) is 4.53. The van der Waals surface area contributed by atoms with Gasteiger partial charge in [0.05, 0.1) is 30.4 Å². The summed E-state index contributed by atoms with van der Waals surface area (Å²) in [5.41, 5.74) is 1.02. The third-order valence-electron chi connectivity index (χ3n) is 6.78. The molecule has 4 N–H and O–H groups in total. The van der Waals surface area contributed by atoms with Gasteiger partial charge in [-0.3, -0.25) is 4.79 Å². The topological polar surface area (TPSA) is 142 Å². The van der Waals surface area contributed by atoms with Gasteiger partial charge in [0.1, 0.15) is 6.10 Å². The second-order valence-corrected chi connectivity index (χ2v) is 10.4. The Labute approximate surface area is 233 Å². The zero-order valence-corrected chi connectivity index (χ0v) is 23.4. The van der Waals surface area contributed by atoms with Crippen LogP contribution in [0, 0.1) is 5.92 Å². The van der Waals surface area contributed by atoms with Crippen molar-refractivity contribution in [1.29, 1.82) is 0 Å². The number of hydrogen-bond acceptors (Lipinski definition) is 7. The third-order valence-corrected chi connectivity index (χ3v) is 6.78. The van der Waals surface area contributed by atoms with Crippen molar-refractivity contribution in [2.75, 3.05) is 44.2 Å². The number of rotatable bonds is 7. The van der Waals surface area contributed by atoms with E-state index in [1.165, 1.54) is 4.90 Å². The minimum atomic E-state index is -0.552. The Balaban J connectivity index is 1.62. The lowest BCUT2D eigenvalue weighted by molar-refractivity contribution is 0.0368. The lowest BCUT2D eigenvalue weighted by atomic mass is 9.99. The molecule has 12 nitrogen and oxygen atoms in total. The highest BCUT2D eigenvalue weighted by atomic mass is 16.7. The molecule has 0 saturated heterocycles. The van der Waals surface area contributed by atoms with Crippen LogP contribution in [0.3, 0.4) is 0 Å². The highest BCUT2D eigenvalue weighted by Gasteiger charge is 2.35. The monoisotopic (exact) mass is 555 g/mol. The van der Waals surface area contributed by atoms with E-state index in [4.69, 9.17) is 14.2 Å². The van der Waals surface area contributed by atoms with E-state index in [2.05, 4.69) is 16.0 Å². The van der Waals surface area contributed by atoms with Gasteiger partial charge in [-0.25, -0.2) is 9.59 Å². The first kappa shape index (κ1) is 28.8. The molecule has 40 heavy (non-hydrogen) atoms. The van der Waals surface area contributed by atoms with Crippen LogP contribution in [-0.4, -0.2) is 84.6 Å². The maximum atomic E-state index is 13.6. The number of nitrogens with one attached hydrogen (secondary N) is 3. The molecule has 0 bridgehead atoms. The lowest BCUT2D eigenvalue weighted by Crippen LogP contribution is -2.51. The summed E-state index contributed by atoms with van der Waals surface area (Å²) >= 11 is 0. The van der Waals surface area contributed by atoms with Crippen molar-refractivity contribution in [3.8, 4) is 17.2 Å². The number of aliphatic hydroxyl groups excluding tert-OH is 1. The summed E-state index contributed by atoms with van der Waals surface area (Å²) in [4.78, 5) is 42.4. The second-order valence-electron chi connectivity index (χ2n) is 10.4. The predicted molar refractivity (Wildman–Crippen MR) is 149 cm³/mol. The number of fused-ring (bicyclic) bond motifs is 2. The van der Waals surface area contributed by atoms with Crippen molar-refractivity contribution in [2.24, 2.45) is 5.92 Å². The normalized spacial score (nSPS) is 18.7. The Morgan fingerprint density at radius 3 is 2.60 bits per heavy atom. The number of ether oxygens (including phenoxy) is 3. The molecular weight excluding hydrogens is 518 g/mol. The summed E-state index contributed by atoms with van der Waals surface area (Å²) in [5.74, 6) is 0.773. The van der Waals surface area contributed by atoms with Crippen LogP contribution in [-0.2, 0) is 0 Å². The second kappa shape index (κ2) is 12.3. The highest BCUT2D eigenvalue weighted by molar-refractivity contribution is 6.04. The summed E-state index contributed by atoms with van der Waals surface area (Å²) in [7, 11) is 1.68. The number of hydrogen-bond donors (Lipinski definition) is 4. The molecule has 2 aliphatic heterocycles. The molecule has 2 heterocycles. The van der Waals surface area contributed by atoms with Crippen molar-refractivity contribution in [2.45, 2.75) is 45.9 Å². The van der Waals surface area contributed by atoms with Crippen LogP contribution in [0.15, 0.2) is 36.4 Å². The van der Waals surface area contributed by atoms with Gasteiger partial charge in [-0.1, -0.05) is 13.0 Å². The zero-order valence-electron chi connectivity index (χ0n) is 23.4. The molecule has 0 radical (unpaired) electrons. The van der Waals surface area contributed by atoms with Crippen LogP contribution in [0.25, 0.3) is 0 Å². The van der Waals surface area contributed by atoms with E-state index in [9.17, 15) is 19.5 Å². The molecule has 2 aromatic rings. The molecular formula is C28H37N5O7. The van der Waals surface area contributed by atoms with Crippen molar-refractivity contribution in [1.82, 2.24) is 15.1 Å². The minimum Gasteiger partial charge on any atom is -0.485 e. The standard InChI is InChI=1S/C28H37N5O7/c1-16(2)29-28(37)32(5)13-24-17(3)12-33(18(4)14-34)26(35)20-7-6-8-21(25(20)40-24)31-27(36)30-19-9-10-22-23(11-19)39-15-38-22/h6-11,16-18,24,34H,12-15H2,1-5H3,(H,29,37)(H2,30,31,36)/t17-,18+,24+/m0/s1. The van der Waals surface area contributed by atoms with Gasteiger partial charge in [-0.05, 0) is 45.0 Å². The zero-order chi connectivity index (χ0) is 29.0. The van der Waals surface area contributed by atoms with Crippen molar-refractivity contribution >= 4 is 29.3 Å². The first-order valence-corrected chi connectivity index (χ1v) is 13.3. The van der Waals surface area contributed by atoms with E-state index in [-0.39, 0.29) is 60.8 Å². The number of likely N-dealkylation sites (N-methyl/N-ethyl adjacent to an activating group) is 1. The van der Waals surface area contributed by atoms with Gasteiger partial charge in [0.2, 0.25) is 6.79 Å². The Hall–Kier alpha value is -4.19. The fraction of sp³-hybridized carbons (Fsp3) is 0.464. The van der Waals surface area contributed by atoms with E-state index < -0.39 is 18.2 Å². The van der Waals surface area contributed by atoms with Crippen molar-refractivity contribution in [3.05, 3.63) is 42.0 Å². The molecule has 2 aliphatic rings. The van der Waals surface area contributed by atoms with Crippen LogP contribution in [0.1, 0.15) is 38.1 Å². The van der Waals surface area contributed by atoms with Crippen LogP contribution in [0.5, 0.6) is 17.2 Å². The fourth-order valence-electron chi connectivity index (χ4n) is 4.53. The number of aliphatic hydroxyl groups is 1. The Morgan fingerprint density at radius 1 is 1.12 bits per heavy atom. The highest BCUT2D eigenvalue weighted by Crippen LogP contribution is 2.36. The number of amides is 5. The van der Waals surface area contributed by atoms with Crippen LogP contribution in [0.2, 0.25) is 0 Å². The molecule has 216 valence electrons. The SMILES string of the molecule is CC(C)NC(=O)N(C)C[C@H]1Oc2c(NC(=O)Nc3ccc4c(c3)OCO4)cccc2C(=O)N([C@H](C)CO)C[C@@H]1C. The van der Waals surface area contributed by atoms with Gasteiger partial charge in [-0.15, -0.1) is 0 Å². The van der Waals surface area contributed by atoms with Crippen molar-refractivity contribution < 1.29 is 33.7 Å². The number of urea groups is 2. The van der Waals surface area contributed by atoms with Crippen LogP contribution < -0.4 is 30.2 Å². The maximum Gasteiger partial charge on any atom is 0.323 e. The molecule has 0 fully saturated rings. The molecule has 0 saturated carbocycles. The summed E-state index contributed by atoms with van der Waals surface area (Å²) in [6, 6.07) is 8.67. The van der Waals surface area contributed by atoms with Crippen LogP contribution >= 0.6 is 0 Å². The summed E-state index contributed by atoms with van der Waals surface area (Å²) in [6.45, 7) is 7.89. The maximum absolute atomic E-state index is 13.6. The lowest BCUT2D eigenvalue weighted by Gasteiger charge is -2.38. The smallest absolute Gasteiger partial charge is 0.323 e. The summed E-state index contributed by atoms with van der Waals surface area (Å²) in [5, 5.41) is 18.3. The van der Waals surface area contributed by atoms with Crippen molar-refractivity contribution in [3.63, 3.8) is 0 Å². The Bertz CT molecular complexity index is 1250. The summed E-state index contributed by atoms with van der Waals surface area (Å²) in [6.07, 6.45) is -0.525. The molecule has 2 aromatic carbocycles. The number of anilines is 2. The average Bonchev–Trinajstić information content (AvgIpc) is 3.38. The van der Waals surface area contributed by atoms with Gasteiger partial charge in [0.15, 0.2) is 17.2 Å². The van der Waals surface area contributed by atoms with Gasteiger partial charge < -0.3 is 45.1 Å². The number of para-hydroxylation sites is 1. The number of carbonyl (C=O) groups excluding carboxylic acids is 3. The minimum absolute atomic E-state index is 0.0380. The van der Waals surface area contributed by atoms with Crippen LogP contribution in [0.4, 0.5) is 21.0 Å². The first-order valence-electron chi connectivity index (χ1n) is 13.3. The van der Waals surface area contributed by atoms with E-state index in [1.807, 2.05) is 20.8 Å². The Morgan fingerprint density at radius 2 is 1.88 bits per heavy atom. The predicted octanol–water partition coefficient (Wildman–Crippen LogP) is 3.33. The number of benzene rings is 2. The molecule has 12 heteroatoms. The molecule has 4 rings (SSSR count).